The maximum Gasteiger partial charge on any atom is 0.0547 e. The number of likely N-dealkylation sites (tertiary alicyclic amines) is 1. The van der Waals surface area contributed by atoms with Gasteiger partial charge in [-0.1, -0.05) is 0 Å². The Balaban J connectivity index is 1.83. The molecule has 124 valence electrons. The molecule has 0 amide bonds. The Morgan fingerprint density at radius 3 is 2.67 bits per heavy atom. The molecular weight excluding hydrogens is 262 g/mol. The molecule has 0 aromatic heterocycles. The van der Waals surface area contributed by atoms with Crippen LogP contribution in [0.1, 0.15) is 33.6 Å². The van der Waals surface area contributed by atoms with Crippen LogP contribution in [0.25, 0.3) is 0 Å². The molecule has 2 heterocycles. The number of nitrogens with one attached hydrogen (secondary N) is 1. The molecule has 2 atom stereocenters. The van der Waals surface area contributed by atoms with E-state index in [0.717, 1.165) is 32.2 Å². The number of hydrogen-bond donors (Lipinski definition) is 1. The number of ether oxygens (including phenoxy) is 1. The third-order valence-corrected chi connectivity index (χ3v) is 4.84. The number of rotatable bonds is 6. The van der Waals surface area contributed by atoms with Crippen LogP contribution in [0, 0.1) is 11.3 Å². The minimum Gasteiger partial charge on any atom is -0.381 e. The van der Waals surface area contributed by atoms with E-state index in [9.17, 15) is 0 Å². The normalized spacial score (nSPS) is 31.4. The first-order chi connectivity index (χ1) is 9.78. The fourth-order valence-electron chi connectivity index (χ4n) is 3.68. The fraction of sp³-hybridized carbons (Fsp3) is 1.00. The SMILES string of the molecule is CN1CCC(CN(C)CC2(CNC(C)(C)C)CCOC2)C1. The van der Waals surface area contributed by atoms with Gasteiger partial charge in [0.05, 0.1) is 6.61 Å². The summed E-state index contributed by atoms with van der Waals surface area (Å²) in [5.74, 6) is 0.843. The lowest BCUT2D eigenvalue weighted by Gasteiger charge is -2.36. The topological polar surface area (TPSA) is 27.7 Å². The Morgan fingerprint density at radius 2 is 2.14 bits per heavy atom. The highest BCUT2D eigenvalue weighted by atomic mass is 16.5. The molecule has 21 heavy (non-hydrogen) atoms. The highest BCUT2D eigenvalue weighted by molar-refractivity contribution is 4.90. The Labute approximate surface area is 131 Å². The lowest BCUT2D eigenvalue weighted by atomic mass is 9.85. The van der Waals surface area contributed by atoms with E-state index >= 15 is 0 Å². The second kappa shape index (κ2) is 6.95. The van der Waals surface area contributed by atoms with Gasteiger partial charge in [0, 0.05) is 43.7 Å². The molecule has 0 spiro atoms. The van der Waals surface area contributed by atoms with Gasteiger partial charge in [0.2, 0.25) is 0 Å². The van der Waals surface area contributed by atoms with Crippen molar-refractivity contribution >= 4 is 0 Å². The van der Waals surface area contributed by atoms with E-state index in [2.05, 4.69) is 50.0 Å². The van der Waals surface area contributed by atoms with Crippen LogP contribution in [0.15, 0.2) is 0 Å². The molecule has 2 aliphatic heterocycles. The first kappa shape index (κ1) is 17.2. The summed E-state index contributed by atoms with van der Waals surface area (Å²) in [4.78, 5) is 5.00. The molecule has 0 aromatic carbocycles. The predicted octanol–water partition coefficient (Wildman–Crippen LogP) is 1.66. The Morgan fingerprint density at radius 1 is 1.38 bits per heavy atom. The van der Waals surface area contributed by atoms with Gasteiger partial charge in [0.25, 0.3) is 0 Å². The van der Waals surface area contributed by atoms with E-state index in [1.165, 1.54) is 32.5 Å². The quantitative estimate of drug-likeness (QED) is 0.807. The zero-order valence-corrected chi connectivity index (χ0v) is 14.7. The Kier molecular flexibility index (Phi) is 5.69. The molecule has 4 nitrogen and oxygen atoms in total. The smallest absolute Gasteiger partial charge is 0.0547 e. The molecule has 1 N–H and O–H groups in total. The van der Waals surface area contributed by atoms with Crippen LogP contribution in [0.3, 0.4) is 0 Å². The van der Waals surface area contributed by atoms with Crippen molar-refractivity contribution in [2.24, 2.45) is 11.3 Å². The molecule has 0 aliphatic carbocycles. The lowest BCUT2D eigenvalue weighted by Crippen LogP contribution is -2.49. The molecule has 2 unspecified atom stereocenters. The van der Waals surface area contributed by atoms with Crippen LogP contribution in [0.4, 0.5) is 0 Å². The van der Waals surface area contributed by atoms with Crippen molar-refractivity contribution in [1.29, 1.82) is 0 Å². The van der Waals surface area contributed by atoms with Gasteiger partial charge in [-0.15, -0.1) is 0 Å². The van der Waals surface area contributed by atoms with E-state index in [0.29, 0.717) is 5.41 Å². The van der Waals surface area contributed by atoms with Gasteiger partial charge in [-0.05, 0) is 60.2 Å². The average molecular weight is 297 g/mol. The summed E-state index contributed by atoms with van der Waals surface area (Å²) in [6, 6.07) is 0. The number of hydrogen-bond acceptors (Lipinski definition) is 4. The van der Waals surface area contributed by atoms with Crippen LogP contribution in [-0.2, 0) is 4.74 Å². The van der Waals surface area contributed by atoms with E-state index in [4.69, 9.17) is 4.74 Å². The van der Waals surface area contributed by atoms with Crippen molar-refractivity contribution in [3.05, 3.63) is 0 Å². The van der Waals surface area contributed by atoms with Gasteiger partial charge in [-0.2, -0.15) is 0 Å². The van der Waals surface area contributed by atoms with Crippen molar-refractivity contribution in [2.45, 2.75) is 39.2 Å². The van der Waals surface area contributed by atoms with Crippen molar-refractivity contribution in [3.63, 3.8) is 0 Å². The van der Waals surface area contributed by atoms with Crippen LogP contribution in [-0.4, -0.2) is 75.4 Å². The van der Waals surface area contributed by atoms with Gasteiger partial charge in [-0.25, -0.2) is 0 Å². The molecule has 0 bridgehead atoms. The molecule has 2 rings (SSSR count). The first-order valence-electron chi connectivity index (χ1n) is 8.48. The summed E-state index contributed by atoms with van der Waals surface area (Å²) < 4.78 is 5.74. The summed E-state index contributed by atoms with van der Waals surface area (Å²) in [6.07, 6.45) is 2.54. The largest absolute Gasteiger partial charge is 0.381 e. The standard InChI is InChI=1S/C17H35N3O/c1-16(2,3)18-12-17(7-9-21-14-17)13-20(5)11-15-6-8-19(4)10-15/h15,18H,6-14H2,1-5H3. The Bertz CT molecular complexity index is 320. The van der Waals surface area contributed by atoms with Gasteiger partial charge in [0.15, 0.2) is 0 Å². The van der Waals surface area contributed by atoms with E-state index in [1.807, 2.05) is 0 Å². The van der Waals surface area contributed by atoms with Crippen LogP contribution < -0.4 is 5.32 Å². The highest BCUT2D eigenvalue weighted by Crippen LogP contribution is 2.30. The molecule has 2 fully saturated rings. The maximum atomic E-state index is 5.74. The summed E-state index contributed by atoms with van der Waals surface area (Å²) in [6.45, 7) is 14.5. The van der Waals surface area contributed by atoms with E-state index in [1.54, 1.807) is 0 Å². The van der Waals surface area contributed by atoms with Crippen molar-refractivity contribution in [1.82, 2.24) is 15.1 Å². The summed E-state index contributed by atoms with van der Waals surface area (Å²) in [5.41, 5.74) is 0.481. The van der Waals surface area contributed by atoms with Crippen LogP contribution in [0.2, 0.25) is 0 Å². The van der Waals surface area contributed by atoms with Gasteiger partial charge < -0.3 is 19.9 Å². The molecule has 2 aliphatic rings. The van der Waals surface area contributed by atoms with Crippen molar-refractivity contribution in [3.8, 4) is 0 Å². The third-order valence-electron chi connectivity index (χ3n) is 4.84. The van der Waals surface area contributed by atoms with Crippen molar-refractivity contribution in [2.75, 3.05) is 60.0 Å². The second-order valence-corrected chi connectivity index (χ2v) is 8.52. The fourth-order valence-corrected chi connectivity index (χ4v) is 3.68. The van der Waals surface area contributed by atoms with Crippen LogP contribution >= 0.6 is 0 Å². The van der Waals surface area contributed by atoms with Gasteiger partial charge in [0.1, 0.15) is 0 Å². The lowest BCUT2D eigenvalue weighted by molar-refractivity contribution is 0.107. The van der Waals surface area contributed by atoms with Gasteiger partial charge >= 0.3 is 0 Å². The molecule has 0 radical (unpaired) electrons. The predicted molar refractivity (Wildman–Crippen MR) is 88.7 cm³/mol. The van der Waals surface area contributed by atoms with E-state index in [-0.39, 0.29) is 5.54 Å². The van der Waals surface area contributed by atoms with Crippen molar-refractivity contribution < 1.29 is 4.74 Å². The zero-order valence-electron chi connectivity index (χ0n) is 14.7. The second-order valence-electron chi connectivity index (χ2n) is 8.52. The molecular formula is C17H35N3O. The Hall–Kier alpha value is -0.160. The highest BCUT2D eigenvalue weighted by Gasteiger charge is 2.37. The molecule has 2 saturated heterocycles. The average Bonchev–Trinajstić information content (AvgIpc) is 2.96. The zero-order chi connectivity index (χ0) is 15.5. The van der Waals surface area contributed by atoms with Gasteiger partial charge in [-0.3, -0.25) is 0 Å². The minimum atomic E-state index is 0.183. The molecule has 4 heteroatoms. The monoisotopic (exact) mass is 297 g/mol. The number of nitrogens with zero attached hydrogens (tertiary/aromatic N) is 2. The third kappa shape index (κ3) is 5.51. The molecule has 0 saturated carbocycles. The van der Waals surface area contributed by atoms with E-state index < -0.39 is 0 Å². The minimum absolute atomic E-state index is 0.183. The summed E-state index contributed by atoms with van der Waals surface area (Å²) in [7, 11) is 4.52. The summed E-state index contributed by atoms with van der Waals surface area (Å²) in [5, 5.41) is 3.70. The first-order valence-corrected chi connectivity index (χ1v) is 8.48. The van der Waals surface area contributed by atoms with Crippen LogP contribution in [0.5, 0.6) is 0 Å². The maximum absolute atomic E-state index is 5.74. The molecule has 0 aromatic rings. The summed E-state index contributed by atoms with van der Waals surface area (Å²) >= 11 is 0.